The molecule has 0 aliphatic carbocycles. The molecular formula is C28H52O5. The Labute approximate surface area is 203 Å². The Kier molecular flexibility index (Phi) is 14.7. The topological polar surface area (TPSA) is 76.0 Å². The van der Waals surface area contributed by atoms with E-state index in [0.717, 1.165) is 51.4 Å². The number of aliphatic hydroxyl groups is 2. The third kappa shape index (κ3) is 14.3. The number of carbonyl (C=O) groups is 1. The van der Waals surface area contributed by atoms with Crippen LogP contribution in [0.4, 0.5) is 0 Å². The monoisotopic (exact) mass is 468 g/mol. The molecule has 194 valence electrons. The van der Waals surface area contributed by atoms with Crippen molar-refractivity contribution in [1.82, 2.24) is 0 Å². The van der Waals surface area contributed by atoms with Crippen LogP contribution < -0.4 is 0 Å². The van der Waals surface area contributed by atoms with Crippen LogP contribution in [0, 0.1) is 5.41 Å². The lowest BCUT2D eigenvalue weighted by molar-refractivity contribution is -0.0980. The summed E-state index contributed by atoms with van der Waals surface area (Å²) in [5, 5.41) is 19.2. The van der Waals surface area contributed by atoms with Crippen LogP contribution in [-0.2, 0) is 14.3 Å². The highest BCUT2D eigenvalue weighted by atomic mass is 16.5. The van der Waals surface area contributed by atoms with Crippen LogP contribution in [-0.4, -0.2) is 53.6 Å². The average Bonchev–Trinajstić information content (AvgIpc) is 2.80. The van der Waals surface area contributed by atoms with Crippen LogP contribution >= 0.6 is 0 Å². The van der Waals surface area contributed by atoms with Gasteiger partial charge in [-0.05, 0) is 83.5 Å². The van der Waals surface area contributed by atoms with Gasteiger partial charge in [-0.3, -0.25) is 0 Å². The first kappa shape index (κ1) is 30.3. The third-order valence-corrected chi connectivity index (χ3v) is 6.93. The van der Waals surface area contributed by atoms with Gasteiger partial charge in [0.1, 0.15) is 6.79 Å². The highest BCUT2D eigenvalue weighted by Crippen LogP contribution is 2.28. The van der Waals surface area contributed by atoms with E-state index in [4.69, 9.17) is 14.3 Å². The fourth-order valence-corrected chi connectivity index (χ4v) is 4.80. The second-order valence-electron chi connectivity index (χ2n) is 11.5. The number of ether oxygens (including phenoxy) is 2. The van der Waals surface area contributed by atoms with E-state index in [1.54, 1.807) is 0 Å². The molecule has 5 heteroatoms. The van der Waals surface area contributed by atoms with E-state index in [0.29, 0.717) is 12.2 Å². The van der Waals surface area contributed by atoms with Crippen molar-refractivity contribution in [2.75, 3.05) is 6.61 Å². The maximum Gasteiger partial charge on any atom is 0.106 e. The van der Waals surface area contributed by atoms with Gasteiger partial charge in [0.25, 0.3) is 0 Å². The van der Waals surface area contributed by atoms with Crippen molar-refractivity contribution >= 4 is 6.79 Å². The van der Waals surface area contributed by atoms with Crippen LogP contribution in [0.25, 0.3) is 0 Å². The Bertz CT molecular complexity index is 525. The van der Waals surface area contributed by atoms with Crippen LogP contribution in [0.5, 0.6) is 0 Å². The molecule has 0 radical (unpaired) electrons. The summed E-state index contributed by atoms with van der Waals surface area (Å²) in [4.78, 5) is 8.00. The van der Waals surface area contributed by atoms with Gasteiger partial charge in [-0.2, -0.15) is 0 Å². The Hall–Kier alpha value is -0.750. The molecule has 2 aliphatic rings. The van der Waals surface area contributed by atoms with Crippen molar-refractivity contribution in [3.8, 4) is 0 Å². The standard InChI is InChI=1S/C27H50O4.CH2O/c1-26(2,21-28)19-7-5-11-22-13-9-15-24(30-22)17-18-25-16-10-14-23(31-25)12-6-8-20-27(3,4)29;1-2/h17-18,22-25,28-29H,5-16,19-21H2,1-4H3;1H2/b18-17-;. The summed E-state index contributed by atoms with van der Waals surface area (Å²) in [6, 6.07) is 0. The molecule has 2 aliphatic heterocycles. The van der Waals surface area contributed by atoms with Gasteiger partial charge in [-0.15, -0.1) is 0 Å². The van der Waals surface area contributed by atoms with Crippen molar-refractivity contribution in [2.24, 2.45) is 5.41 Å². The molecule has 2 N–H and O–H groups in total. The first-order chi connectivity index (χ1) is 15.7. The number of hydrogen-bond donors (Lipinski definition) is 2. The molecule has 2 heterocycles. The van der Waals surface area contributed by atoms with E-state index in [1.165, 1.54) is 38.5 Å². The summed E-state index contributed by atoms with van der Waals surface area (Å²) in [7, 11) is 0. The van der Waals surface area contributed by atoms with E-state index in [-0.39, 0.29) is 24.2 Å². The number of aliphatic hydroxyl groups excluding tert-OH is 1. The summed E-state index contributed by atoms with van der Waals surface area (Å²) < 4.78 is 12.7. The third-order valence-electron chi connectivity index (χ3n) is 6.93. The summed E-state index contributed by atoms with van der Waals surface area (Å²) >= 11 is 0. The van der Waals surface area contributed by atoms with Gasteiger partial charge >= 0.3 is 0 Å². The van der Waals surface area contributed by atoms with Gasteiger partial charge in [-0.1, -0.05) is 51.7 Å². The summed E-state index contributed by atoms with van der Waals surface area (Å²) in [6.07, 6.45) is 21.6. The minimum absolute atomic E-state index is 0.0476. The number of carbonyl (C=O) groups excluding carboxylic acids is 1. The van der Waals surface area contributed by atoms with Gasteiger partial charge in [0.2, 0.25) is 0 Å². The van der Waals surface area contributed by atoms with E-state index in [9.17, 15) is 10.2 Å². The molecule has 0 spiro atoms. The Morgan fingerprint density at radius 3 is 1.67 bits per heavy atom. The molecule has 2 rings (SSSR count). The number of hydrogen-bond acceptors (Lipinski definition) is 5. The molecular weight excluding hydrogens is 416 g/mol. The van der Waals surface area contributed by atoms with E-state index < -0.39 is 5.60 Å². The van der Waals surface area contributed by atoms with E-state index in [2.05, 4.69) is 26.0 Å². The molecule has 0 aromatic carbocycles. The van der Waals surface area contributed by atoms with Gasteiger partial charge in [0.15, 0.2) is 0 Å². The summed E-state index contributed by atoms with van der Waals surface area (Å²) in [5.41, 5.74) is -0.501. The maximum atomic E-state index is 9.85. The molecule has 0 bridgehead atoms. The molecule has 2 fully saturated rings. The summed E-state index contributed by atoms with van der Waals surface area (Å²) in [5.74, 6) is 0. The van der Waals surface area contributed by atoms with Crippen molar-refractivity contribution in [1.29, 1.82) is 0 Å². The molecule has 4 unspecified atom stereocenters. The zero-order valence-corrected chi connectivity index (χ0v) is 21.9. The predicted molar refractivity (Wildman–Crippen MR) is 135 cm³/mol. The Morgan fingerprint density at radius 2 is 1.24 bits per heavy atom. The Balaban J connectivity index is 0.00000265. The number of unbranched alkanes of at least 4 members (excludes halogenated alkanes) is 2. The highest BCUT2D eigenvalue weighted by molar-refractivity contribution is 5.11. The SMILES string of the molecule is C=O.CC(C)(O)CCCCC1CCCC(/C=C\C2CCCC(CCCCC(C)(C)CO)O2)O1. The second kappa shape index (κ2) is 16.0. The van der Waals surface area contributed by atoms with Crippen molar-refractivity contribution in [3.63, 3.8) is 0 Å². The minimum Gasteiger partial charge on any atom is -0.396 e. The molecule has 2 saturated heterocycles. The lowest BCUT2D eigenvalue weighted by Crippen LogP contribution is -2.28. The predicted octanol–water partition coefficient (Wildman–Crippen LogP) is 6.14. The van der Waals surface area contributed by atoms with E-state index in [1.807, 2.05) is 20.6 Å². The van der Waals surface area contributed by atoms with Crippen molar-refractivity contribution in [3.05, 3.63) is 12.2 Å². The fraction of sp³-hybridized carbons (Fsp3) is 0.893. The molecule has 0 amide bonds. The van der Waals surface area contributed by atoms with Crippen LogP contribution in [0.3, 0.4) is 0 Å². The fourth-order valence-electron chi connectivity index (χ4n) is 4.80. The largest absolute Gasteiger partial charge is 0.396 e. The van der Waals surface area contributed by atoms with Crippen LogP contribution in [0.2, 0.25) is 0 Å². The smallest absolute Gasteiger partial charge is 0.106 e. The van der Waals surface area contributed by atoms with Crippen LogP contribution in [0.1, 0.15) is 118 Å². The number of rotatable bonds is 13. The normalized spacial score (nSPS) is 26.7. The zero-order chi connectivity index (χ0) is 24.7. The molecule has 0 aromatic rings. The van der Waals surface area contributed by atoms with Gasteiger partial charge in [0.05, 0.1) is 30.0 Å². The first-order valence-corrected chi connectivity index (χ1v) is 13.3. The van der Waals surface area contributed by atoms with Crippen LogP contribution in [0.15, 0.2) is 12.2 Å². The quantitative estimate of drug-likeness (QED) is 0.251. The molecule has 5 nitrogen and oxygen atoms in total. The van der Waals surface area contributed by atoms with Gasteiger partial charge < -0.3 is 24.5 Å². The van der Waals surface area contributed by atoms with Gasteiger partial charge in [0, 0.05) is 6.61 Å². The molecule has 0 aromatic heterocycles. The van der Waals surface area contributed by atoms with Gasteiger partial charge in [-0.25, -0.2) is 0 Å². The first-order valence-electron chi connectivity index (χ1n) is 13.3. The van der Waals surface area contributed by atoms with E-state index >= 15 is 0 Å². The lowest BCUT2D eigenvalue weighted by Gasteiger charge is -2.31. The molecule has 4 atom stereocenters. The lowest BCUT2D eigenvalue weighted by atomic mass is 9.87. The second-order valence-corrected chi connectivity index (χ2v) is 11.5. The molecule has 33 heavy (non-hydrogen) atoms. The maximum absolute atomic E-state index is 9.85. The van der Waals surface area contributed by atoms with Crippen molar-refractivity contribution < 1.29 is 24.5 Å². The minimum atomic E-state index is -0.549. The summed E-state index contributed by atoms with van der Waals surface area (Å²) in [6.45, 7) is 10.3. The molecule has 0 saturated carbocycles. The Morgan fingerprint density at radius 1 is 0.788 bits per heavy atom. The van der Waals surface area contributed by atoms with Crippen molar-refractivity contribution in [2.45, 2.75) is 148 Å². The highest BCUT2D eigenvalue weighted by Gasteiger charge is 2.24. The zero-order valence-electron chi connectivity index (χ0n) is 21.9. The average molecular weight is 469 g/mol.